The maximum Gasteiger partial charge on any atom is 0.193 e. The fraction of sp³-hybridized carbons (Fsp3) is 0.647. The maximum atomic E-state index is 4.78. The molecule has 0 radical (unpaired) electrons. The summed E-state index contributed by atoms with van der Waals surface area (Å²) in [5.74, 6) is 2.56. The second-order valence-electron chi connectivity index (χ2n) is 6.58. The Hall–Kier alpha value is -2.38. The van der Waals surface area contributed by atoms with Crippen molar-refractivity contribution in [1.29, 1.82) is 0 Å². The van der Waals surface area contributed by atoms with Crippen LogP contribution in [0.1, 0.15) is 26.7 Å². The summed E-state index contributed by atoms with van der Waals surface area (Å²) in [6, 6.07) is 0. The molecule has 2 N–H and O–H groups in total. The lowest BCUT2D eigenvalue weighted by Gasteiger charge is -2.33. The Morgan fingerprint density at radius 2 is 2.28 bits per heavy atom. The van der Waals surface area contributed by atoms with Crippen molar-refractivity contribution in [2.24, 2.45) is 18.0 Å². The Balaban J connectivity index is 1.60. The lowest BCUT2D eigenvalue weighted by atomic mass is 10.0. The number of rotatable bonds is 5. The van der Waals surface area contributed by atoms with E-state index < -0.39 is 0 Å². The van der Waals surface area contributed by atoms with Gasteiger partial charge in [0.1, 0.15) is 12.1 Å². The molecule has 0 aliphatic carbocycles. The van der Waals surface area contributed by atoms with Crippen LogP contribution in [-0.4, -0.2) is 63.3 Å². The van der Waals surface area contributed by atoms with Gasteiger partial charge in [-0.05, 0) is 25.7 Å². The number of hydrogen-bond acceptors (Lipinski definition) is 5. The maximum absolute atomic E-state index is 4.78. The van der Waals surface area contributed by atoms with E-state index in [-0.39, 0.29) is 0 Å². The summed E-state index contributed by atoms with van der Waals surface area (Å²) in [7, 11) is 1.88. The summed E-state index contributed by atoms with van der Waals surface area (Å²) in [6.45, 7) is 8.90. The molecule has 1 saturated heterocycles. The van der Waals surface area contributed by atoms with E-state index >= 15 is 0 Å². The SMILES string of the molecule is CCNC(=NCCNc1ncnc2c1cnn2C)N1CCCC(C)C1. The number of fused-ring (bicyclic) bond motifs is 1. The van der Waals surface area contributed by atoms with Gasteiger partial charge in [-0.2, -0.15) is 5.10 Å². The van der Waals surface area contributed by atoms with Crippen LogP contribution in [0.3, 0.4) is 0 Å². The fourth-order valence-electron chi connectivity index (χ4n) is 3.25. The van der Waals surface area contributed by atoms with Gasteiger partial charge in [-0.15, -0.1) is 0 Å². The third-order valence-corrected chi connectivity index (χ3v) is 4.49. The van der Waals surface area contributed by atoms with Crippen LogP contribution in [0.4, 0.5) is 5.82 Å². The molecule has 0 bridgehead atoms. The Morgan fingerprint density at radius 3 is 3.08 bits per heavy atom. The summed E-state index contributed by atoms with van der Waals surface area (Å²) in [5.41, 5.74) is 0.830. The fourth-order valence-corrected chi connectivity index (χ4v) is 3.25. The van der Waals surface area contributed by atoms with E-state index in [9.17, 15) is 0 Å². The van der Waals surface area contributed by atoms with Crippen molar-refractivity contribution in [1.82, 2.24) is 30.0 Å². The smallest absolute Gasteiger partial charge is 0.193 e. The largest absolute Gasteiger partial charge is 0.367 e. The van der Waals surface area contributed by atoms with Crippen LogP contribution < -0.4 is 10.6 Å². The van der Waals surface area contributed by atoms with Crippen LogP contribution in [0, 0.1) is 5.92 Å². The molecule has 0 aromatic carbocycles. The quantitative estimate of drug-likeness (QED) is 0.486. The van der Waals surface area contributed by atoms with Crippen LogP contribution >= 0.6 is 0 Å². The molecule has 1 atom stereocenters. The van der Waals surface area contributed by atoms with E-state index in [1.807, 2.05) is 7.05 Å². The number of aromatic nitrogens is 4. The van der Waals surface area contributed by atoms with Gasteiger partial charge >= 0.3 is 0 Å². The minimum atomic E-state index is 0.693. The van der Waals surface area contributed by atoms with Gasteiger partial charge in [0.15, 0.2) is 11.6 Å². The molecule has 25 heavy (non-hydrogen) atoms. The molecule has 0 saturated carbocycles. The van der Waals surface area contributed by atoms with Gasteiger partial charge in [-0.1, -0.05) is 6.92 Å². The van der Waals surface area contributed by atoms with Gasteiger partial charge < -0.3 is 15.5 Å². The molecule has 0 amide bonds. The van der Waals surface area contributed by atoms with Gasteiger partial charge in [-0.3, -0.25) is 9.67 Å². The van der Waals surface area contributed by atoms with Crippen molar-refractivity contribution < 1.29 is 0 Å². The minimum absolute atomic E-state index is 0.693. The number of piperidine rings is 1. The van der Waals surface area contributed by atoms with Gasteiger partial charge in [0.25, 0.3) is 0 Å². The van der Waals surface area contributed by atoms with Crippen LogP contribution in [0.5, 0.6) is 0 Å². The standard InChI is InChI=1S/C17H28N8/c1-4-18-17(25-9-5-6-13(2)11-25)20-8-7-19-15-14-10-23-24(3)16(14)22-12-21-15/h10,12-13H,4-9,11H2,1-3H3,(H,18,20)(H,19,21,22). The summed E-state index contributed by atoms with van der Waals surface area (Å²) < 4.78 is 1.75. The Labute approximate surface area is 148 Å². The monoisotopic (exact) mass is 344 g/mol. The van der Waals surface area contributed by atoms with E-state index in [0.29, 0.717) is 6.54 Å². The number of aryl methyl sites for hydroxylation is 1. The molecular formula is C17H28N8. The lowest BCUT2D eigenvalue weighted by Crippen LogP contribution is -2.46. The molecule has 1 aliphatic heterocycles. The average molecular weight is 344 g/mol. The van der Waals surface area contributed by atoms with Crippen LogP contribution in [0.15, 0.2) is 17.5 Å². The van der Waals surface area contributed by atoms with Crippen LogP contribution in [-0.2, 0) is 7.05 Å². The zero-order valence-electron chi connectivity index (χ0n) is 15.4. The van der Waals surface area contributed by atoms with Crippen molar-refractivity contribution in [3.8, 4) is 0 Å². The molecular weight excluding hydrogens is 316 g/mol. The Morgan fingerprint density at radius 1 is 1.40 bits per heavy atom. The first-order valence-corrected chi connectivity index (χ1v) is 9.09. The predicted octanol–water partition coefficient (Wildman–Crippen LogP) is 1.47. The molecule has 8 nitrogen and oxygen atoms in total. The van der Waals surface area contributed by atoms with Crippen LogP contribution in [0.25, 0.3) is 11.0 Å². The summed E-state index contributed by atoms with van der Waals surface area (Å²) in [5, 5.41) is 11.9. The number of aliphatic imine (C=N–C) groups is 1. The van der Waals surface area contributed by atoms with E-state index in [4.69, 9.17) is 4.99 Å². The van der Waals surface area contributed by atoms with Crippen molar-refractivity contribution in [2.75, 3.05) is 38.0 Å². The van der Waals surface area contributed by atoms with Crippen molar-refractivity contribution in [3.63, 3.8) is 0 Å². The zero-order valence-corrected chi connectivity index (χ0v) is 15.4. The molecule has 2 aromatic rings. The molecule has 2 aromatic heterocycles. The van der Waals surface area contributed by atoms with E-state index in [1.54, 1.807) is 17.2 Å². The van der Waals surface area contributed by atoms with Crippen molar-refractivity contribution in [3.05, 3.63) is 12.5 Å². The first-order valence-electron chi connectivity index (χ1n) is 9.09. The van der Waals surface area contributed by atoms with Crippen molar-refractivity contribution in [2.45, 2.75) is 26.7 Å². The Kier molecular flexibility index (Phi) is 5.67. The molecule has 3 rings (SSSR count). The van der Waals surface area contributed by atoms with Gasteiger partial charge in [-0.25, -0.2) is 9.97 Å². The number of nitrogens with zero attached hydrogens (tertiary/aromatic N) is 6. The van der Waals surface area contributed by atoms with Crippen LogP contribution in [0.2, 0.25) is 0 Å². The molecule has 1 fully saturated rings. The number of hydrogen-bond donors (Lipinski definition) is 2. The lowest BCUT2D eigenvalue weighted by molar-refractivity contribution is 0.266. The van der Waals surface area contributed by atoms with Gasteiger partial charge in [0, 0.05) is 33.2 Å². The van der Waals surface area contributed by atoms with Gasteiger partial charge in [0.2, 0.25) is 0 Å². The number of nitrogens with one attached hydrogen (secondary N) is 2. The topological polar surface area (TPSA) is 83.3 Å². The number of anilines is 1. The number of likely N-dealkylation sites (tertiary alicyclic amines) is 1. The van der Waals surface area contributed by atoms with Crippen molar-refractivity contribution >= 4 is 22.8 Å². The minimum Gasteiger partial charge on any atom is -0.367 e. The summed E-state index contributed by atoms with van der Waals surface area (Å²) >= 11 is 0. The summed E-state index contributed by atoms with van der Waals surface area (Å²) in [6.07, 6.45) is 5.91. The highest BCUT2D eigenvalue weighted by Crippen LogP contribution is 2.17. The normalized spacial score (nSPS) is 18.6. The highest BCUT2D eigenvalue weighted by Gasteiger charge is 2.18. The molecule has 1 unspecified atom stereocenters. The molecule has 1 aliphatic rings. The van der Waals surface area contributed by atoms with E-state index in [1.165, 1.54) is 12.8 Å². The Bertz CT molecular complexity index is 723. The molecule has 8 heteroatoms. The second-order valence-corrected chi connectivity index (χ2v) is 6.58. The van der Waals surface area contributed by atoms with Gasteiger partial charge in [0.05, 0.1) is 18.1 Å². The predicted molar refractivity (Wildman–Crippen MR) is 101 cm³/mol. The third kappa shape index (κ3) is 4.18. The average Bonchev–Trinajstić information content (AvgIpc) is 3.00. The first-order chi connectivity index (χ1) is 12.2. The highest BCUT2D eigenvalue weighted by molar-refractivity contribution is 5.86. The molecule has 136 valence electrons. The zero-order chi connectivity index (χ0) is 17.6. The third-order valence-electron chi connectivity index (χ3n) is 4.49. The second kappa shape index (κ2) is 8.13. The highest BCUT2D eigenvalue weighted by atomic mass is 15.3. The molecule has 0 spiro atoms. The number of guanidine groups is 1. The van der Waals surface area contributed by atoms with E-state index in [0.717, 1.165) is 54.9 Å². The molecule has 3 heterocycles. The van der Waals surface area contributed by atoms with E-state index in [2.05, 4.69) is 44.4 Å². The summed E-state index contributed by atoms with van der Waals surface area (Å²) in [4.78, 5) is 15.7. The first kappa shape index (κ1) is 17.4.